The van der Waals surface area contributed by atoms with Crippen LogP contribution in [0.1, 0.15) is 51.1 Å². The molecule has 5 nitrogen and oxygen atoms in total. The number of hydrogen-bond acceptors (Lipinski definition) is 4. The van der Waals surface area contributed by atoms with E-state index in [2.05, 4.69) is 15.3 Å². The highest BCUT2D eigenvalue weighted by molar-refractivity contribution is 6.31. The molecule has 1 aliphatic carbocycles. The van der Waals surface area contributed by atoms with Crippen LogP contribution in [0, 0.1) is 0 Å². The van der Waals surface area contributed by atoms with E-state index in [1.54, 1.807) is 24.3 Å². The maximum absolute atomic E-state index is 12.6. The van der Waals surface area contributed by atoms with Crippen LogP contribution in [0.5, 0.6) is 0 Å². The lowest BCUT2D eigenvalue weighted by molar-refractivity contribution is 0.0822. The van der Waals surface area contributed by atoms with Crippen LogP contribution in [-0.2, 0) is 12.0 Å². The Bertz CT molecular complexity index is 1030. The van der Waals surface area contributed by atoms with Crippen molar-refractivity contribution in [3.05, 3.63) is 94.5 Å². The average molecular weight is 406 g/mol. The second-order valence-electron chi connectivity index (χ2n) is 7.32. The lowest BCUT2D eigenvalue weighted by atomic mass is 9.71. The van der Waals surface area contributed by atoms with Crippen LogP contribution in [0.15, 0.2) is 67.3 Å². The van der Waals surface area contributed by atoms with Crippen molar-refractivity contribution in [2.45, 2.75) is 31.2 Å². The summed E-state index contributed by atoms with van der Waals surface area (Å²) in [6.07, 6.45) is 7.56. The third-order valence-electron chi connectivity index (χ3n) is 5.40. The number of aromatic nitrogens is 2. The zero-order chi connectivity index (χ0) is 20.3. The molecule has 0 spiro atoms. The first kappa shape index (κ1) is 19.3. The number of hydrogen-bond donors (Lipinski definition) is 1. The molecule has 6 heteroatoms. The molecule has 1 aliphatic rings. The van der Waals surface area contributed by atoms with Crippen molar-refractivity contribution < 1.29 is 9.59 Å². The molecule has 1 saturated carbocycles. The second kappa shape index (κ2) is 8.13. The molecular weight excluding hydrogens is 386 g/mol. The van der Waals surface area contributed by atoms with E-state index in [0.717, 1.165) is 30.4 Å². The second-order valence-corrected chi connectivity index (χ2v) is 7.76. The van der Waals surface area contributed by atoms with Crippen LogP contribution < -0.4 is 5.32 Å². The van der Waals surface area contributed by atoms with Gasteiger partial charge in [0, 0.05) is 29.4 Å². The van der Waals surface area contributed by atoms with Crippen LogP contribution in [0.25, 0.3) is 0 Å². The lowest BCUT2D eigenvalue weighted by Gasteiger charge is -2.43. The standard InChI is InChI=1S/C23H20ClN3O2/c24-20-4-1-3-17(12-20)21(28)11-16-5-7-19(8-6-16)23(9-2-10-23)27-22(29)18-13-25-15-26-14-18/h1,3-8,12-15H,2,9-11H2,(H,27,29). The number of carbonyl (C=O) groups excluding carboxylic acids is 2. The fraction of sp³-hybridized carbons (Fsp3) is 0.217. The van der Waals surface area contributed by atoms with Gasteiger partial charge in [-0.3, -0.25) is 9.59 Å². The largest absolute Gasteiger partial charge is 0.342 e. The van der Waals surface area contributed by atoms with Crippen molar-refractivity contribution in [2.24, 2.45) is 0 Å². The molecule has 1 fully saturated rings. The van der Waals surface area contributed by atoms with Crippen LogP contribution >= 0.6 is 11.6 Å². The van der Waals surface area contributed by atoms with Gasteiger partial charge >= 0.3 is 0 Å². The topological polar surface area (TPSA) is 72.0 Å². The summed E-state index contributed by atoms with van der Waals surface area (Å²) in [6, 6.07) is 14.9. The van der Waals surface area contributed by atoms with E-state index in [4.69, 9.17) is 11.6 Å². The minimum absolute atomic E-state index is 0.0241. The maximum atomic E-state index is 12.6. The Morgan fingerprint density at radius 2 is 1.72 bits per heavy atom. The Kier molecular flexibility index (Phi) is 5.41. The van der Waals surface area contributed by atoms with Crippen LogP contribution in [0.2, 0.25) is 5.02 Å². The number of nitrogens with zero attached hydrogens (tertiary/aromatic N) is 2. The van der Waals surface area contributed by atoms with Crippen LogP contribution in [0.4, 0.5) is 0 Å². The maximum Gasteiger partial charge on any atom is 0.255 e. The summed E-state index contributed by atoms with van der Waals surface area (Å²) in [5, 5.41) is 3.71. The monoisotopic (exact) mass is 405 g/mol. The Hall–Kier alpha value is -3.05. The van der Waals surface area contributed by atoms with Crippen LogP contribution in [0.3, 0.4) is 0 Å². The molecule has 0 unspecified atom stereocenters. The Labute approximate surface area is 174 Å². The quantitative estimate of drug-likeness (QED) is 0.618. The molecule has 0 aliphatic heterocycles. The number of rotatable bonds is 6. The fourth-order valence-corrected chi connectivity index (χ4v) is 3.80. The highest BCUT2D eigenvalue weighted by Crippen LogP contribution is 2.41. The normalized spacial score (nSPS) is 14.7. The molecule has 29 heavy (non-hydrogen) atoms. The van der Waals surface area contributed by atoms with E-state index in [0.29, 0.717) is 22.6 Å². The number of nitrogens with one attached hydrogen (secondary N) is 1. The summed E-state index contributed by atoms with van der Waals surface area (Å²) in [5.74, 6) is -0.151. The van der Waals surface area contributed by atoms with Gasteiger partial charge in [-0.05, 0) is 42.5 Å². The number of amides is 1. The van der Waals surface area contributed by atoms with Crippen molar-refractivity contribution in [1.82, 2.24) is 15.3 Å². The van der Waals surface area contributed by atoms with Crippen LogP contribution in [-0.4, -0.2) is 21.7 Å². The predicted octanol–water partition coefficient (Wildman–Crippen LogP) is 4.36. The van der Waals surface area contributed by atoms with Gasteiger partial charge in [-0.2, -0.15) is 0 Å². The predicted molar refractivity (Wildman–Crippen MR) is 111 cm³/mol. The van der Waals surface area contributed by atoms with Crippen molar-refractivity contribution in [2.75, 3.05) is 0 Å². The van der Waals surface area contributed by atoms with Crippen molar-refractivity contribution in [3.63, 3.8) is 0 Å². The Balaban J connectivity index is 1.47. The summed E-state index contributed by atoms with van der Waals surface area (Å²) in [6.45, 7) is 0. The number of benzene rings is 2. The molecule has 0 radical (unpaired) electrons. The van der Waals surface area contributed by atoms with Gasteiger partial charge in [-0.15, -0.1) is 0 Å². The average Bonchev–Trinajstić information content (AvgIpc) is 2.72. The van der Waals surface area contributed by atoms with Crippen molar-refractivity contribution in [1.29, 1.82) is 0 Å². The van der Waals surface area contributed by atoms with E-state index in [9.17, 15) is 9.59 Å². The molecule has 0 saturated heterocycles. The zero-order valence-corrected chi connectivity index (χ0v) is 16.5. The highest BCUT2D eigenvalue weighted by atomic mass is 35.5. The van der Waals surface area contributed by atoms with E-state index in [1.165, 1.54) is 18.7 Å². The first-order valence-corrected chi connectivity index (χ1v) is 9.89. The van der Waals surface area contributed by atoms with E-state index in [-0.39, 0.29) is 17.2 Å². The first-order valence-electron chi connectivity index (χ1n) is 9.51. The SMILES string of the molecule is O=C(Cc1ccc(C2(NC(=O)c3cncnc3)CCC2)cc1)c1cccc(Cl)c1. The van der Waals surface area contributed by atoms with E-state index < -0.39 is 0 Å². The minimum atomic E-state index is -0.373. The first-order chi connectivity index (χ1) is 14.1. The molecule has 4 rings (SSSR count). The summed E-state index contributed by atoms with van der Waals surface area (Å²) in [7, 11) is 0. The lowest BCUT2D eigenvalue weighted by Crippen LogP contribution is -2.50. The van der Waals surface area contributed by atoms with Crippen molar-refractivity contribution in [3.8, 4) is 0 Å². The summed E-state index contributed by atoms with van der Waals surface area (Å²) < 4.78 is 0. The van der Waals surface area contributed by atoms with Gasteiger partial charge in [0.25, 0.3) is 5.91 Å². The number of ketones is 1. The summed E-state index contributed by atoms with van der Waals surface area (Å²) >= 11 is 5.98. The fourth-order valence-electron chi connectivity index (χ4n) is 3.61. The molecule has 146 valence electrons. The number of halogens is 1. The molecule has 1 aromatic heterocycles. The van der Waals surface area contributed by atoms with Gasteiger partial charge in [-0.25, -0.2) is 9.97 Å². The van der Waals surface area contributed by atoms with Gasteiger partial charge in [0.2, 0.25) is 0 Å². The third kappa shape index (κ3) is 4.20. The van der Waals surface area contributed by atoms with E-state index >= 15 is 0 Å². The third-order valence-corrected chi connectivity index (χ3v) is 5.64. The molecule has 2 aromatic carbocycles. The minimum Gasteiger partial charge on any atom is -0.342 e. The molecule has 3 aromatic rings. The van der Waals surface area contributed by atoms with E-state index in [1.807, 2.05) is 24.3 Å². The molecule has 1 amide bonds. The smallest absolute Gasteiger partial charge is 0.255 e. The highest BCUT2D eigenvalue weighted by Gasteiger charge is 2.40. The summed E-state index contributed by atoms with van der Waals surface area (Å²) in [4.78, 5) is 32.9. The van der Waals surface area contributed by atoms with Gasteiger partial charge in [0.15, 0.2) is 5.78 Å². The molecular formula is C23H20ClN3O2. The molecule has 1 heterocycles. The molecule has 0 atom stereocenters. The Morgan fingerprint density at radius 3 is 2.34 bits per heavy atom. The molecule has 1 N–H and O–H groups in total. The molecule has 0 bridgehead atoms. The van der Waals surface area contributed by atoms with Gasteiger partial charge in [0.05, 0.1) is 11.1 Å². The van der Waals surface area contributed by atoms with Gasteiger partial charge < -0.3 is 5.32 Å². The number of Topliss-reactive ketones (excluding diaryl/α,β-unsaturated/α-hetero) is 1. The zero-order valence-electron chi connectivity index (χ0n) is 15.8. The Morgan fingerprint density at radius 1 is 1.00 bits per heavy atom. The van der Waals surface area contributed by atoms with Gasteiger partial charge in [-0.1, -0.05) is 48.0 Å². The number of carbonyl (C=O) groups is 2. The van der Waals surface area contributed by atoms with Gasteiger partial charge in [0.1, 0.15) is 6.33 Å². The summed E-state index contributed by atoms with van der Waals surface area (Å²) in [5.41, 5.74) is 2.66. The van der Waals surface area contributed by atoms with Crippen molar-refractivity contribution >= 4 is 23.3 Å².